The molecule has 1 aliphatic heterocycles. The molecule has 2 heterocycles. The van der Waals surface area contributed by atoms with Gasteiger partial charge in [0.25, 0.3) is 0 Å². The van der Waals surface area contributed by atoms with Gasteiger partial charge in [0.2, 0.25) is 5.91 Å². The van der Waals surface area contributed by atoms with E-state index >= 15 is 0 Å². The van der Waals surface area contributed by atoms with E-state index in [1.165, 1.54) is 0 Å². The highest BCUT2D eigenvalue weighted by molar-refractivity contribution is 5.93. The van der Waals surface area contributed by atoms with Crippen LogP contribution in [0.4, 0.5) is 5.69 Å². The van der Waals surface area contributed by atoms with Crippen LogP contribution in [0.25, 0.3) is 11.4 Å². The lowest BCUT2D eigenvalue weighted by molar-refractivity contribution is -0.121. The number of nitrogens with zero attached hydrogens (tertiary/aromatic N) is 3. The number of rotatable bonds is 3. The summed E-state index contributed by atoms with van der Waals surface area (Å²) in [7, 11) is 1.90. The molecule has 1 aromatic heterocycles. The summed E-state index contributed by atoms with van der Waals surface area (Å²) in [6.07, 6.45) is 1.66. The summed E-state index contributed by atoms with van der Waals surface area (Å²) < 4.78 is 1.85. The summed E-state index contributed by atoms with van der Waals surface area (Å²) in [5.74, 6) is 0.977. The third kappa shape index (κ3) is 2.34. The first-order chi connectivity index (χ1) is 9.24. The summed E-state index contributed by atoms with van der Waals surface area (Å²) in [4.78, 5) is 11.8. The molecular formula is C13H15N5O. The van der Waals surface area contributed by atoms with Gasteiger partial charge in [-0.05, 0) is 24.3 Å². The van der Waals surface area contributed by atoms with Crippen LogP contribution < -0.4 is 10.6 Å². The Morgan fingerprint density at radius 3 is 2.63 bits per heavy atom. The minimum Gasteiger partial charge on any atom is -0.326 e. The van der Waals surface area contributed by atoms with Crippen molar-refractivity contribution in [3.05, 3.63) is 30.6 Å². The van der Waals surface area contributed by atoms with E-state index in [1.807, 2.05) is 35.9 Å². The number of amides is 1. The molecule has 0 spiro atoms. The average molecular weight is 257 g/mol. The van der Waals surface area contributed by atoms with Crippen molar-refractivity contribution >= 4 is 11.6 Å². The number of aryl methyl sites for hydroxylation is 1. The molecule has 1 aliphatic rings. The maximum atomic E-state index is 11.8. The lowest BCUT2D eigenvalue weighted by Gasteiger charge is -2.25. The summed E-state index contributed by atoms with van der Waals surface area (Å²) in [6, 6.07) is 7.62. The predicted molar refractivity (Wildman–Crippen MR) is 71.4 cm³/mol. The molecule has 1 aromatic carbocycles. The number of aromatic nitrogens is 3. The highest BCUT2D eigenvalue weighted by Gasteiger charge is 2.24. The predicted octanol–water partition coefficient (Wildman–Crippen LogP) is 0.640. The number of nitrogens with one attached hydrogen (secondary N) is 2. The number of hydrogen-bond acceptors (Lipinski definition) is 4. The van der Waals surface area contributed by atoms with Crippen LogP contribution >= 0.6 is 0 Å². The molecule has 1 fully saturated rings. The van der Waals surface area contributed by atoms with Crippen molar-refractivity contribution in [3.8, 4) is 11.4 Å². The van der Waals surface area contributed by atoms with Gasteiger partial charge in [0.15, 0.2) is 5.82 Å². The first-order valence-electron chi connectivity index (χ1n) is 6.20. The van der Waals surface area contributed by atoms with Crippen LogP contribution in [0.2, 0.25) is 0 Å². The molecule has 6 heteroatoms. The van der Waals surface area contributed by atoms with Crippen LogP contribution in [0, 0.1) is 5.92 Å². The molecule has 98 valence electrons. The number of benzene rings is 1. The van der Waals surface area contributed by atoms with Crippen LogP contribution in [0.1, 0.15) is 0 Å². The Bertz CT molecular complexity index is 585. The third-order valence-electron chi connectivity index (χ3n) is 3.27. The van der Waals surface area contributed by atoms with Crippen LogP contribution in [-0.4, -0.2) is 33.8 Å². The summed E-state index contributed by atoms with van der Waals surface area (Å²) in [5.41, 5.74) is 1.78. The van der Waals surface area contributed by atoms with Crippen molar-refractivity contribution in [2.45, 2.75) is 0 Å². The Labute approximate surface area is 110 Å². The molecule has 6 nitrogen and oxygen atoms in total. The lowest BCUT2D eigenvalue weighted by atomic mass is 10.0. The highest BCUT2D eigenvalue weighted by Crippen LogP contribution is 2.19. The molecule has 0 saturated carbocycles. The topological polar surface area (TPSA) is 71.8 Å². The molecule has 1 amide bonds. The van der Waals surface area contributed by atoms with Gasteiger partial charge in [0.05, 0.1) is 5.92 Å². The first kappa shape index (κ1) is 11.9. The van der Waals surface area contributed by atoms with Crippen molar-refractivity contribution in [1.82, 2.24) is 20.1 Å². The van der Waals surface area contributed by atoms with Gasteiger partial charge >= 0.3 is 0 Å². The molecule has 2 aromatic rings. The van der Waals surface area contributed by atoms with Gasteiger partial charge in [-0.3, -0.25) is 4.79 Å². The van der Waals surface area contributed by atoms with E-state index in [9.17, 15) is 4.79 Å². The zero-order valence-electron chi connectivity index (χ0n) is 10.6. The smallest absolute Gasteiger partial charge is 0.230 e. The second-order valence-electron chi connectivity index (χ2n) is 4.69. The first-order valence-corrected chi connectivity index (χ1v) is 6.20. The van der Waals surface area contributed by atoms with E-state index in [0.717, 1.165) is 30.2 Å². The fourth-order valence-corrected chi connectivity index (χ4v) is 1.97. The van der Waals surface area contributed by atoms with Crippen LogP contribution in [-0.2, 0) is 11.8 Å². The minimum absolute atomic E-state index is 0.0742. The molecule has 0 aliphatic carbocycles. The van der Waals surface area contributed by atoms with Crippen molar-refractivity contribution in [2.75, 3.05) is 18.4 Å². The zero-order valence-corrected chi connectivity index (χ0v) is 10.6. The molecule has 3 rings (SSSR count). The number of hydrogen-bond donors (Lipinski definition) is 2. The van der Waals surface area contributed by atoms with Crippen molar-refractivity contribution in [3.63, 3.8) is 0 Å². The largest absolute Gasteiger partial charge is 0.326 e. The van der Waals surface area contributed by atoms with E-state index in [1.54, 1.807) is 6.33 Å². The Morgan fingerprint density at radius 1 is 1.37 bits per heavy atom. The van der Waals surface area contributed by atoms with E-state index in [-0.39, 0.29) is 11.8 Å². The number of carbonyl (C=O) groups is 1. The fraction of sp³-hybridized carbons (Fsp3) is 0.308. The molecular weight excluding hydrogens is 242 g/mol. The normalized spacial score (nSPS) is 15.0. The molecule has 0 unspecified atom stereocenters. The van der Waals surface area contributed by atoms with Crippen LogP contribution in [0.15, 0.2) is 30.6 Å². The second kappa shape index (κ2) is 4.81. The van der Waals surface area contributed by atoms with E-state index in [0.29, 0.717) is 0 Å². The molecule has 19 heavy (non-hydrogen) atoms. The lowest BCUT2D eigenvalue weighted by Crippen LogP contribution is -2.48. The van der Waals surface area contributed by atoms with Gasteiger partial charge in [0, 0.05) is 31.4 Å². The van der Waals surface area contributed by atoms with Crippen LogP contribution in [0.5, 0.6) is 0 Å². The van der Waals surface area contributed by atoms with E-state index in [2.05, 4.69) is 20.8 Å². The van der Waals surface area contributed by atoms with Gasteiger partial charge < -0.3 is 15.2 Å². The maximum absolute atomic E-state index is 11.8. The van der Waals surface area contributed by atoms with Gasteiger partial charge in [-0.25, -0.2) is 0 Å². The van der Waals surface area contributed by atoms with Crippen molar-refractivity contribution < 1.29 is 4.79 Å². The summed E-state index contributed by atoms with van der Waals surface area (Å²) in [5, 5.41) is 13.9. The molecule has 0 radical (unpaired) electrons. The monoisotopic (exact) mass is 257 g/mol. The van der Waals surface area contributed by atoms with Gasteiger partial charge in [-0.15, -0.1) is 10.2 Å². The van der Waals surface area contributed by atoms with Gasteiger partial charge in [-0.1, -0.05) is 0 Å². The third-order valence-corrected chi connectivity index (χ3v) is 3.27. The van der Waals surface area contributed by atoms with Crippen molar-refractivity contribution in [1.29, 1.82) is 0 Å². The highest BCUT2D eigenvalue weighted by atomic mass is 16.2. The fourth-order valence-electron chi connectivity index (χ4n) is 1.97. The average Bonchev–Trinajstić information content (AvgIpc) is 2.74. The summed E-state index contributed by atoms with van der Waals surface area (Å²) in [6.45, 7) is 1.53. The minimum atomic E-state index is 0.0742. The molecule has 0 atom stereocenters. The van der Waals surface area contributed by atoms with E-state index < -0.39 is 0 Å². The zero-order chi connectivity index (χ0) is 13.2. The van der Waals surface area contributed by atoms with Crippen LogP contribution in [0.3, 0.4) is 0 Å². The SMILES string of the molecule is Cn1cnnc1-c1ccc(NC(=O)C2CNC2)cc1. The van der Waals surface area contributed by atoms with E-state index in [4.69, 9.17) is 0 Å². The quantitative estimate of drug-likeness (QED) is 0.846. The number of carbonyl (C=O) groups excluding carboxylic acids is 1. The Morgan fingerprint density at radius 2 is 2.11 bits per heavy atom. The standard InChI is InChI=1S/C13H15N5O/c1-18-8-15-17-12(18)9-2-4-11(5-3-9)16-13(19)10-6-14-7-10/h2-5,8,10,14H,6-7H2,1H3,(H,16,19). The molecule has 0 bridgehead atoms. The van der Waals surface area contributed by atoms with Gasteiger partial charge in [0.1, 0.15) is 6.33 Å². The van der Waals surface area contributed by atoms with Crippen molar-refractivity contribution in [2.24, 2.45) is 13.0 Å². The Hall–Kier alpha value is -2.21. The Kier molecular flexibility index (Phi) is 3.00. The maximum Gasteiger partial charge on any atom is 0.230 e. The summed E-state index contributed by atoms with van der Waals surface area (Å²) >= 11 is 0. The molecule has 1 saturated heterocycles. The Balaban J connectivity index is 1.72. The second-order valence-corrected chi connectivity index (χ2v) is 4.69. The molecule has 2 N–H and O–H groups in total. The number of anilines is 1. The van der Waals surface area contributed by atoms with Gasteiger partial charge in [-0.2, -0.15) is 0 Å².